The lowest BCUT2D eigenvalue weighted by atomic mass is 9.99. The van der Waals surface area contributed by atoms with E-state index in [2.05, 4.69) is 29.2 Å². The molecular weight excluding hydrogens is 226 g/mol. The summed E-state index contributed by atoms with van der Waals surface area (Å²) in [5, 5.41) is 18.9. The van der Waals surface area contributed by atoms with Crippen molar-refractivity contribution in [3.8, 4) is 0 Å². The molecule has 1 aliphatic rings. The maximum atomic E-state index is 9.59. The van der Waals surface area contributed by atoms with E-state index in [1.807, 2.05) is 6.07 Å². The molecule has 3 nitrogen and oxygen atoms in total. The second-order valence-electron chi connectivity index (χ2n) is 5.14. The molecule has 0 amide bonds. The van der Waals surface area contributed by atoms with Gasteiger partial charge in [0.05, 0.1) is 12.7 Å². The first kappa shape index (κ1) is 13.5. The first-order valence-corrected chi connectivity index (χ1v) is 6.86. The van der Waals surface area contributed by atoms with Gasteiger partial charge < -0.3 is 10.2 Å². The van der Waals surface area contributed by atoms with Crippen LogP contribution in [0.1, 0.15) is 24.8 Å². The number of aliphatic hydroxyl groups excluding tert-OH is 2. The van der Waals surface area contributed by atoms with Crippen LogP contribution in [0.3, 0.4) is 0 Å². The van der Waals surface area contributed by atoms with E-state index in [0.717, 1.165) is 32.4 Å². The largest absolute Gasteiger partial charge is 0.395 e. The van der Waals surface area contributed by atoms with E-state index in [0.29, 0.717) is 6.42 Å². The van der Waals surface area contributed by atoms with Crippen molar-refractivity contribution in [2.24, 2.45) is 0 Å². The number of likely N-dealkylation sites (tertiary alicyclic amines) is 1. The Kier molecular flexibility index (Phi) is 5.17. The summed E-state index contributed by atoms with van der Waals surface area (Å²) in [7, 11) is 0. The summed E-state index contributed by atoms with van der Waals surface area (Å²) in [6.07, 6.45) is 3.51. The van der Waals surface area contributed by atoms with Gasteiger partial charge in [0.15, 0.2) is 0 Å². The predicted octanol–water partition coefficient (Wildman–Crippen LogP) is 1.44. The Labute approximate surface area is 109 Å². The quantitative estimate of drug-likeness (QED) is 0.830. The highest BCUT2D eigenvalue weighted by molar-refractivity contribution is 5.14. The normalized spacial score (nSPS) is 25.2. The van der Waals surface area contributed by atoms with Gasteiger partial charge in [0.25, 0.3) is 0 Å². The van der Waals surface area contributed by atoms with E-state index in [1.165, 1.54) is 5.56 Å². The summed E-state index contributed by atoms with van der Waals surface area (Å²) in [4.78, 5) is 2.32. The van der Waals surface area contributed by atoms with Gasteiger partial charge in [0, 0.05) is 12.6 Å². The number of rotatable bonds is 5. The topological polar surface area (TPSA) is 43.7 Å². The van der Waals surface area contributed by atoms with Crippen LogP contribution in [0.25, 0.3) is 0 Å². The molecule has 1 aliphatic heterocycles. The van der Waals surface area contributed by atoms with Gasteiger partial charge in [-0.3, -0.25) is 4.90 Å². The summed E-state index contributed by atoms with van der Waals surface area (Å²) in [5.41, 5.74) is 1.37. The van der Waals surface area contributed by atoms with Crippen LogP contribution in [-0.2, 0) is 6.42 Å². The van der Waals surface area contributed by atoms with E-state index >= 15 is 0 Å². The van der Waals surface area contributed by atoms with Crippen LogP contribution >= 0.6 is 0 Å². The molecule has 18 heavy (non-hydrogen) atoms. The maximum absolute atomic E-state index is 9.59. The SMILES string of the molecule is OC[C@@H]1C[C@H](O)CCN1CCCc1ccccc1. The van der Waals surface area contributed by atoms with E-state index in [4.69, 9.17) is 0 Å². The fourth-order valence-electron chi connectivity index (χ4n) is 2.69. The Balaban J connectivity index is 1.75. The Morgan fingerprint density at radius 1 is 1.22 bits per heavy atom. The highest BCUT2D eigenvalue weighted by atomic mass is 16.3. The number of benzene rings is 1. The van der Waals surface area contributed by atoms with Crippen molar-refractivity contribution in [1.82, 2.24) is 4.90 Å². The van der Waals surface area contributed by atoms with Gasteiger partial charge in [-0.25, -0.2) is 0 Å². The highest BCUT2D eigenvalue weighted by Gasteiger charge is 2.26. The molecule has 0 aliphatic carbocycles. The number of hydrogen-bond donors (Lipinski definition) is 2. The lowest BCUT2D eigenvalue weighted by Gasteiger charge is -2.36. The first-order chi connectivity index (χ1) is 8.79. The zero-order valence-electron chi connectivity index (χ0n) is 10.8. The monoisotopic (exact) mass is 249 g/mol. The number of piperidine rings is 1. The molecule has 100 valence electrons. The third kappa shape index (κ3) is 3.80. The average Bonchev–Trinajstić information content (AvgIpc) is 2.41. The average molecular weight is 249 g/mol. The molecule has 1 aromatic carbocycles. The number of hydrogen-bond acceptors (Lipinski definition) is 3. The van der Waals surface area contributed by atoms with Crippen molar-refractivity contribution >= 4 is 0 Å². The molecule has 0 unspecified atom stereocenters. The third-order valence-corrected chi connectivity index (χ3v) is 3.77. The van der Waals surface area contributed by atoms with E-state index in [9.17, 15) is 10.2 Å². The minimum Gasteiger partial charge on any atom is -0.395 e. The molecule has 0 aromatic heterocycles. The van der Waals surface area contributed by atoms with Crippen molar-refractivity contribution < 1.29 is 10.2 Å². The minimum absolute atomic E-state index is 0.143. The lowest BCUT2D eigenvalue weighted by Crippen LogP contribution is -2.46. The molecule has 1 saturated heterocycles. The van der Waals surface area contributed by atoms with Crippen LogP contribution in [0, 0.1) is 0 Å². The third-order valence-electron chi connectivity index (χ3n) is 3.77. The lowest BCUT2D eigenvalue weighted by molar-refractivity contribution is 0.0167. The summed E-state index contributed by atoms with van der Waals surface area (Å²) in [5.74, 6) is 0. The van der Waals surface area contributed by atoms with Gasteiger partial charge in [-0.05, 0) is 37.8 Å². The van der Waals surface area contributed by atoms with Gasteiger partial charge in [-0.1, -0.05) is 30.3 Å². The molecule has 3 heteroatoms. The molecule has 1 heterocycles. The summed E-state index contributed by atoms with van der Waals surface area (Å²) in [6, 6.07) is 10.6. The van der Waals surface area contributed by atoms with Gasteiger partial charge >= 0.3 is 0 Å². The summed E-state index contributed by atoms with van der Waals surface area (Å²) in [6.45, 7) is 2.07. The van der Waals surface area contributed by atoms with Crippen LogP contribution in [-0.4, -0.2) is 47.0 Å². The van der Waals surface area contributed by atoms with Crippen molar-refractivity contribution in [1.29, 1.82) is 0 Å². The maximum Gasteiger partial charge on any atom is 0.0587 e. The van der Waals surface area contributed by atoms with Gasteiger partial charge in [0.2, 0.25) is 0 Å². The molecule has 0 bridgehead atoms. The number of nitrogens with zero attached hydrogens (tertiary/aromatic N) is 1. The van der Waals surface area contributed by atoms with E-state index in [-0.39, 0.29) is 18.8 Å². The zero-order chi connectivity index (χ0) is 12.8. The molecule has 0 spiro atoms. The molecule has 0 saturated carbocycles. The Morgan fingerprint density at radius 3 is 2.72 bits per heavy atom. The van der Waals surface area contributed by atoms with Gasteiger partial charge in [-0.2, -0.15) is 0 Å². The Bertz CT molecular complexity index is 342. The van der Waals surface area contributed by atoms with E-state index < -0.39 is 0 Å². The second kappa shape index (κ2) is 6.88. The van der Waals surface area contributed by atoms with Gasteiger partial charge in [0.1, 0.15) is 0 Å². The smallest absolute Gasteiger partial charge is 0.0587 e. The molecule has 2 N–H and O–H groups in total. The standard InChI is InChI=1S/C15H23NO2/c17-12-14-11-15(18)8-10-16(14)9-4-7-13-5-2-1-3-6-13/h1-3,5-6,14-15,17-18H,4,7-12H2/t14-,15+/m0/s1. The highest BCUT2D eigenvalue weighted by Crippen LogP contribution is 2.18. The summed E-state index contributed by atoms with van der Waals surface area (Å²) < 4.78 is 0. The Morgan fingerprint density at radius 2 is 2.00 bits per heavy atom. The van der Waals surface area contributed by atoms with Crippen molar-refractivity contribution in [2.75, 3.05) is 19.7 Å². The van der Waals surface area contributed by atoms with Crippen molar-refractivity contribution in [3.05, 3.63) is 35.9 Å². The fourth-order valence-corrected chi connectivity index (χ4v) is 2.69. The van der Waals surface area contributed by atoms with Crippen LogP contribution < -0.4 is 0 Å². The first-order valence-electron chi connectivity index (χ1n) is 6.86. The van der Waals surface area contributed by atoms with Crippen LogP contribution in [0.15, 0.2) is 30.3 Å². The predicted molar refractivity (Wildman–Crippen MR) is 72.5 cm³/mol. The van der Waals surface area contributed by atoms with Crippen molar-refractivity contribution in [3.63, 3.8) is 0 Å². The molecule has 2 atom stereocenters. The van der Waals surface area contributed by atoms with E-state index in [1.54, 1.807) is 0 Å². The molecule has 0 radical (unpaired) electrons. The van der Waals surface area contributed by atoms with Crippen LogP contribution in [0.4, 0.5) is 0 Å². The second-order valence-corrected chi connectivity index (χ2v) is 5.14. The number of aliphatic hydroxyl groups is 2. The summed E-state index contributed by atoms with van der Waals surface area (Å²) >= 11 is 0. The Hall–Kier alpha value is -0.900. The molecule has 2 rings (SSSR count). The minimum atomic E-state index is -0.229. The fraction of sp³-hybridized carbons (Fsp3) is 0.600. The van der Waals surface area contributed by atoms with Crippen LogP contribution in [0.5, 0.6) is 0 Å². The molecule has 1 fully saturated rings. The molecule has 1 aromatic rings. The zero-order valence-corrected chi connectivity index (χ0v) is 10.8. The van der Waals surface area contributed by atoms with Crippen molar-refractivity contribution in [2.45, 2.75) is 37.8 Å². The molecular formula is C15H23NO2. The van der Waals surface area contributed by atoms with Crippen LogP contribution in [0.2, 0.25) is 0 Å². The van der Waals surface area contributed by atoms with Gasteiger partial charge in [-0.15, -0.1) is 0 Å². The number of aryl methyl sites for hydroxylation is 1.